The van der Waals surface area contributed by atoms with E-state index in [0.29, 0.717) is 26.3 Å². The van der Waals surface area contributed by atoms with Crippen molar-refractivity contribution in [1.29, 1.82) is 0 Å². The van der Waals surface area contributed by atoms with Gasteiger partial charge >= 0.3 is 0 Å². The normalized spacial score (nSPS) is 10.8. The predicted molar refractivity (Wildman–Crippen MR) is 76.0 cm³/mol. The molecular formula is C12H7Cl2N3OS. The number of nitrogens with zero attached hydrogens (tertiary/aromatic N) is 3. The summed E-state index contributed by atoms with van der Waals surface area (Å²) < 4.78 is 9.99. The van der Waals surface area contributed by atoms with E-state index in [-0.39, 0.29) is 6.61 Å². The van der Waals surface area contributed by atoms with Crippen molar-refractivity contribution in [2.75, 3.05) is 0 Å². The van der Waals surface area contributed by atoms with E-state index in [1.807, 2.05) is 12.1 Å². The lowest BCUT2D eigenvalue weighted by molar-refractivity contribution is 0.304. The highest BCUT2D eigenvalue weighted by atomic mass is 35.5. The van der Waals surface area contributed by atoms with E-state index in [9.17, 15) is 0 Å². The first kappa shape index (κ1) is 12.6. The Balaban J connectivity index is 1.93. The fraction of sp³-hybridized carbons (Fsp3) is 0.0833. The Kier molecular flexibility index (Phi) is 3.50. The number of ether oxygens (including phenoxy) is 1. The third kappa shape index (κ3) is 2.49. The Morgan fingerprint density at radius 2 is 2.11 bits per heavy atom. The van der Waals surface area contributed by atoms with Gasteiger partial charge in [-0.1, -0.05) is 27.7 Å². The van der Waals surface area contributed by atoms with Gasteiger partial charge in [0.2, 0.25) is 0 Å². The smallest absolute Gasteiger partial charge is 0.146 e. The lowest BCUT2D eigenvalue weighted by Gasteiger charge is -2.08. The van der Waals surface area contributed by atoms with Gasteiger partial charge in [0.25, 0.3) is 0 Å². The highest BCUT2D eigenvalue weighted by molar-refractivity contribution is 7.10. The molecule has 3 rings (SSSR count). The molecule has 0 aliphatic heterocycles. The standard InChI is InChI=1S/C12H7Cl2N3OS/c13-8-3-4-10(11-7(8)2-1-5-15-11)18-6-9-12(14)19-17-16-9/h1-5H,6H2. The van der Waals surface area contributed by atoms with Crippen LogP contribution in [0.5, 0.6) is 5.75 Å². The zero-order valence-electron chi connectivity index (χ0n) is 9.51. The molecule has 0 aliphatic carbocycles. The van der Waals surface area contributed by atoms with E-state index in [2.05, 4.69) is 14.6 Å². The minimum absolute atomic E-state index is 0.253. The number of aromatic nitrogens is 3. The molecule has 2 aromatic heterocycles. The number of rotatable bonds is 3. The summed E-state index contributed by atoms with van der Waals surface area (Å²) in [5.74, 6) is 0.643. The van der Waals surface area contributed by atoms with Crippen molar-refractivity contribution in [3.63, 3.8) is 0 Å². The van der Waals surface area contributed by atoms with E-state index in [4.69, 9.17) is 27.9 Å². The molecule has 0 fully saturated rings. The van der Waals surface area contributed by atoms with Crippen LogP contribution < -0.4 is 4.74 Å². The summed E-state index contributed by atoms with van der Waals surface area (Å²) in [6.07, 6.45) is 1.70. The summed E-state index contributed by atoms with van der Waals surface area (Å²) in [6, 6.07) is 7.29. The Bertz CT molecular complexity index is 732. The topological polar surface area (TPSA) is 47.9 Å². The Hall–Kier alpha value is -1.43. The largest absolute Gasteiger partial charge is 0.485 e. The van der Waals surface area contributed by atoms with Crippen LogP contribution in [0.2, 0.25) is 9.36 Å². The van der Waals surface area contributed by atoms with Crippen LogP contribution in [0.15, 0.2) is 30.5 Å². The minimum Gasteiger partial charge on any atom is -0.485 e. The highest BCUT2D eigenvalue weighted by Crippen LogP contribution is 2.30. The number of benzene rings is 1. The van der Waals surface area contributed by atoms with Crippen LogP contribution in [-0.2, 0) is 6.61 Å². The van der Waals surface area contributed by atoms with Crippen molar-refractivity contribution in [3.8, 4) is 5.75 Å². The molecule has 0 amide bonds. The van der Waals surface area contributed by atoms with Gasteiger partial charge in [0.15, 0.2) is 0 Å². The SMILES string of the molecule is Clc1snnc1COc1ccc(Cl)c2cccnc12. The predicted octanol–water partition coefficient (Wildman–Crippen LogP) is 3.97. The zero-order valence-corrected chi connectivity index (χ0v) is 11.8. The van der Waals surface area contributed by atoms with E-state index < -0.39 is 0 Å². The molecular weight excluding hydrogens is 305 g/mol. The molecule has 0 saturated carbocycles. The first-order chi connectivity index (χ1) is 9.25. The van der Waals surface area contributed by atoms with Gasteiger partial charge in [-0.25, -0.2) is 0 Å². The second-order valence-electron chi connectivity index (χ2n) is 3.73. The maximum absolute atomic E-state index is 6.12. The molecule has 1 aromatic carbocycles. The lowest BCUT2D eigenvalue weighted by atomic mass is 10.2. The van der Waals surface area contributed by atoms with Crippen molar-refractivity contribution in [3.05, 3.63) is 45.5 Å². The van der Waals surface area contributed by atoms with E-state index in [0.717, 1.165) is 16.9 Å². The zero-order chi connectivity index (χ0) is 13.2. The number of pyridine rings is 1. The fourth-order valence-electron chi connectivity index (χ4n) is 1.66. The van der Waals surface area contributed by atoms with Crippen LogP contribution in [0.4, 0.5) is 0 Å². The molecule has 3 aromatic rings. The van der Waals surface area contributed by atoms with Crippen molar-refractivity contribution in [2.24, 2.45) is 0 Å². The van der Waals surface area contributed by atoms with E-state index in [1.54, 1.807) is 18.3 Å². The second kappa shape index (κ2) is 5.28. The van der Waals surface area contributed by atoms with Gasteiger partial charge < -0.3 is 4.74 Å². The summed E-state index contributed by atoms with van der Waals surface area (Å²) in [7, 11) is 0. The quantitative estimate of drug-likeness (QED) is 0.734. The molecule has 0 N–H and O–H groups in total. The van der Waals surface area contributed by atoms with Gasteiger partial charge in [-0.15, -0.1) is 5.10 Å². The van der Waals surface area contributed by atoms with Gasteiger partial charge in [0, 0.05) is 23.1 Å². The summed E-state index contributed by atoms with van der Waals surface area (Å²) in [4.78, 5) is 4.29. The molecule has 0 atom stereocenters. The first-order valence-electron chi connectivity index (χ1n) is 5.38. The van der Waals surface area contributed by atoms with Crippen molar-refractivity contribution >= 4 is 45.6 Å². The molecule has 96 valence electrons. The van der Waals surface area contributed by atoms with Crippen LogP contribution in [0.3, 0.4) is 0 Å². The maximum Gasteiger partial charge on any atom is 0.146 e. The summed E-state index contributed by atoms with van der Waals surface area (Å²) in [6.45, 7) is 0.253. The van der Waals surface area contributed by atoms with Crippen LogP contribution in [0.1, 0.15) is 5.69 Å². The van der Waals surface area contributed by atoms with Crippen LogP contribution in [-0.4, -0.2) is 14.6 Å². The average molecular weight is 312 g/mol. The van der Waals surface area contributed by atoms with Crippen molar-refractivity contribution in [1.82, 2.24) is 14.6 Å². The van der Waals surface area contributed by atoms with E-state index >= 15 is 0 Å². The second-order valence-corrected chi connectivity index (χ2v) is 5.49. The van der Waals surface area contributed by atoms with Gasteiger partial charge in [-0.2, -0.15) is 0 Å². The highest BCUT2D eigenvalue weighted by Gasteiger charge is 2.10. The third-order valence-electron chi connectivity index (χ3n) is 2.55. The molecule has 7 heteroatoms. The number of hydrogen-bond donors (Lipinski definition) is 0. The van der Waals surface area contributed by atoms with Gasteiger partial charge in [0.1, 0.15) is 27.9 Å². The van der Waals surface area contributed by atoms with Crippen molar-refractivity contribution < 1.29 is 4.74 Å². The van der Waals surface area contributed by atoms with Gasteiger partial charge in [-0.05, 0) is 24.3 Å². The molecule has 19 heavy (non-hydrogen) atoms. The third-order valence-corrected chi connectivity index (χ3v) is 3.87. The molecule has 0 bridgehead atoms. The number of halogens is 2. The van der Waals surface area contributed by atoms with Crippen LogP contribution in [0, 0.1) is 0 Å². The molecule has 0 aliphatic rings. The number of hydrogen-bond acceptors (Lipinski definition) is 5. The summed E-state index contributed by atoms with van der Waals surface area (Å²) in [5, 5.41) is 5.39. The molecule has 0 saturated heterocycles. The fourth-order valence-corrected chi connectivity index (χ4v) is 2.47. The van der Waals surface area contributed by atoms with Crippen LogP contribution >= 0.6 is 34.7 Å². The molecule has 4 nitrogen and oxygen atoms in total. The lowest BCUT2D eigenvalue weighted by Crippen LogP contribution is -1.98. The summed E-state index contributed by atoms with van der Waals surface area (Å²) >= 11 is 13.2. The molecule has 0 radical (unpaired) electrons. The Morgan fingerprint density at radius 3 is 2.89 bits per heavy atom. The van der Waals surface area contributed by atoms with Crippen molar-refractivity contribution in [2.45, 2.75) is 6.61 Å². The monoisotopic (exact) mass is 311 g/mol. The Labute approximate surface area is 123 Å². The molecule has 0 spiro atoms. The minimum atomic E-state index is 0.253. The number of fused-ring (bicyclic) bond motifs is 1. The summed E-state index contributed by atoms with van der Waals surface area (Å²) in [5.41, 5.74) is 1.33. The Morgan fingerprint density at radius 1 is 1.21 bits per heavy atom. The molecule has 2 heterocycles. The van der Waals surface area contributed by atoms with Gasteiger partial charge in [-0.3, -0.25) is 4.98 Å². The molecule has 0 unspecified atom stereocenters. The average Bonchev–Trinajstić information content (AvgIpc) is 2.84. The first-order valence-corrected chi connectivity index (χ1v) is 6.91. The van der Waals surface area contributed by atoms with E-state index in [1.165, 1.54) is 0 Å². The van der Waals surface area contributed by atoms with Crippen LogP contribution in [0.25, 0.3) is 10.9 Å². The maximum atomic E-state index is 6.12. The van der Waals surface area contributed by atoms with Gasteiger partial charge in [0.05, 0.1) is 5.02 Å².